The van der Waals surface area contributed by atoms with Gasteiger partial charge in [0.2, 0.25) is 10.0 Å². The van der Waals surface area contributed by atoms with Crippen molar-refractivity contribution in [2.45, 2.75) is 58.1 Å². The van der Waals surface area contributed by atoms with Gasteiger partial charge in [-0.1, -0.05) is 33.6 Å². The van der Waals surface area contributed by atoms with Gasteiger partial charge in [-0.3, -0.25) is 0 Å². The van der Waals surface area contributed by atoms with Gasteiger partial charge in [-0.2, -0.15) is 0 Å². The van der Waals surface area contributed by atoms with Gasteiger partial charge >= 0.3 is 0 Å². The van der Waals surface area contributed by atoms with Crippen molar-refractivity contribution < 1.29 is 8.42 Å². The molecular weight excluding hydrogens is 198 g/mol. The van der Waals surface area contributed by atoms with Crippen molar-refractivity contribution in [2.24, 2.45) is 11.1 Å². The van der Waals surface area contributed by atoms with Gasteiger partial charge in [-0.05, 0) is 25.7 Å². The van der Waals surface area contributed by atoms with Gasteiger partial charge in [0, 0.05) is 0 Å². The van der Waals surface area contributed by atoms with E-state index in [4.69, 9.17) is 5.14 Å². The third kappa shape index (κ3) is 3.96. The second-order valence-corrected chi connectivity index (χ2v) is 6.71. The number of hydrogen-bond donors (Lipinski definition) is 1. The fourth-order valence-corrected chi connectivity index (χ4v) is 2.24. The second-order valence-electron chi connectivity index (χ2n) is 4.63. The molecule has 0 fully saturated rings. The summed E-state index contributed by atoms with van der Waals surface area (Å²) >= 11 is 0. The molecule has 0 aliphatic heterocycles. The summed E-state index contributed by atoms with van der Waals surface area (Å²) in [5.74, 6) is 0.622. The van der Waals surface area contributed by atoms with Crippen molar-refractivity contribution in [3.63, 3.8) is 0 Å². The normalized spacial score (nSPS) is 17.0. The maximum atomic E-state index is 11.3. The standard InChI is InChI=1S/C10H23NO2S/c1-5-10(4,14(11,12)13)8-6-7-9(2)3/h9H,5-8H2,1-4H3,(H2,11,12,13). The van der Waals surface area contributed by atoms with Gasteiger partial charge in [0.15, 0.2) is 0 Å². The lowest BCUT2D eigenvalue weighted by Crippen LogP contribution is -2.40. The topological polar surface area (TPSA) is 60.2 Å². The minimum absolute atomic E-state index is 0.587. The molecule has 14 heavy (non-hydrogen) atoms. The van der Waals surface area contributed by atoms with Crippen LogP contribution < -0.4 is 5.14 Å². The molecule has 0 aromatic heterocycles. The molecule has 1 atom stereocenters. The van der Waals surface area contributed by atoms with E-state index in [9.17, 15) is 8.42 Å². The zero-order valence-electron chi connectivity index (χ0n) is 9.71. The van der Waals surface area contributed by atoms with Crippen LogP contribution in [0, 0.1) is 5.92 Å². The molecule has 0 saturated heterocycles. The van der Waals surface area contributed by atoms with Gasteiger partial charge in [0.05, 0.1) is 4.75 Å². The van der Waals surface area contributed by atoms with Crippen LogP contribution in [-0.4, -0.2) is 13.2 Å². The summed E-state index contributed by atoms with van der Waals surface area (Å²) in [6, 6.07) is 0. The van der Waals surface area contributed by atoms with E-state index in [0.717, 1.165) is 12.8 Å². The smallest absolute Gasteiger partial charge is 0.214 e. The highest BCUT2D eigenvalue weighted by atomic mass is 32.2. The van der Waals surface area contributed by atoms with Crippen molar-refractivity contribution in [1.29, 1.82) is 0 Å². The lowest BCUT2D eigenvalue weighted by molar-refractivity contribution is 0.448. The SMILES string of the molecule is CCC(C)(CCCC(C)C)S(N)(=O)=O. The summed E-state index contributed by atoms with van der Waals surface area (Å²) in [6.07, 6.45) is 3.24. The Morgan fingerprint density at radius 2 is 1.86 bits per heavy atom. The first kappa shape index (κ1) is 13.9. The Bertz CT molecular complexity index is 259. The minimum Gasteiger partial charge on any atom is -0.228 e. The molecule has 4 heteroatoms. The van der Waals surface area contributed by atoms with Crippen molar-refractivity contribution in [3.8, 4) is 0 Å². The van der Waals surface area contributed by atoms with E-state index >= 15 is 0 Å². The number of primary sulfonamides is 1. The number of nitrogens with two attached hydrogens (primary N) is 1. The van der Waals surface area contributed by atoms with Crippen LogP contribution in [0.2, 0.25) is 0 Å². The molecule has 0 aliphatic rings. The molecule has 0 bridgehead atoms. The molecule has 0 spiro atoms. The summed E-state index contributed by atoms with van der Waals surface area (Å²) in [4.78, 5) is 0. The molecule has 0 aromatic carbocycles. The summed E-state index contributed by atoms with van der Waals surface area (Å²) in [5, 5.41) is 5.21. The van der Waals surface area contributed by atoms with Gasteiger partial charge < -0.3 is 0 Å². The van der Waals surface area contributed by atoms with Crippen LogP contribution in [0.15, 0.2) is 0 Å². The lowest BCUT2D eigenvalue weighted by Gasteiger charge is -2.25. The number of rotatable bonds is 6. The van der Waals surface area contributed by atoms with E-state index in [1.54, 1.807) is 6.92 Å². The Hall–Kier alpha value is -0.0900. The molecule has 0 radical (unpaired) electrons. The summed E-state index contributed by atoms with van der Waals surface area (Å²) in [6.45, 7) is 7.89. The van der Waals surface area contributed by atoms with E-state index < -0.39 is 14.8 Å². The second kappa shape index (κ2) is 5.12. The molecule has 2 N–H and O–H groups in total. The summed E-state index contributed by atoms with van der Waals surface area (Å²) in [7, 11) is -3.41. The fraction of sp³-hybridized carbons (Fsp3) is 1.00. The van der Waals surface area contributed by atoms with Crippen LogP contribution in [0.4, 0.5) is 0 Å². The third-order valence-electron chi connectivity index (χ3n) is 2.92. The average Bonchev–Trinajstić information content (AvgIpc) is 2.01. The van der Waals surface area contributed by atoms with Crippen molar-refractivity contribution in [2.75, 3.05) is 0 Å². The van der Waals surface area contributed by atoms with Gasteiger partial charge in [0.1, 0.15) is 0 Å². The molecule has 0 heterocycles. The quantitative estimate of drug-likeness (QED) is 0.748. The Morgan fingerprint density at radius 1 is 1.36 bits per heavy atom. The largest absolute Gasteiger partial charge is 0.228 e. The predicted molar refractivity (Wildman–Crippen MR) is 60.5 cm³/mol. The Kier molecular flexibility index (Phi) is 5.09. The molecule has 0 aliphatic carbocycles. The van der Waals surface area contributed by atoms with E-state index in [-0.39, 0.29) is 0 Å². The van der Waals surface area contributed by atoms with Crippen LogP contribution in [0.5, 0.6) is 0 Å². The number of sulfonamides is 1. The molecule has 0 saturated carbocycles. The van der Waals surface area contributed by atoms with Crippen molar-refractivity contribution >= 4 is 10.0 Å². The Labute approximate surface area is 88.1 Å². The molecule has 1 unspecified atom stereocenters. The first-order valence-corrected chi connectivity index (χ1v) is 6.80. The molecule has 86 valence electrons. The lowest BCUT2D eigenvalue weighted by atomic mass is 9.97. The van der Waals surface area contributed by atoms with E-state index in [1.807, 2.05) is 6.92 Å². The minimum atomic E-state index is -3.41. The van der Waals surface area contributed by atoms with Crippen LogP contribution in [0.25, 0.3) is 0 Å². The average molecular weight is 221 g/mol. The maximum Gasteiger partial charge on any atom is 0.214 e. The van der Waals surface area contributed by atoms with Crippen LogP contribution in [-0.2, 0) is 10.0 Å². The zero-order valence-corrected chi connectivity index (χ0v) is 10.5. The predicted octanol–water partition coefficient (Wildman–Crippen LogP) is 2.27. The maximum absolute atomic E-state index is 11.3. The van der Waals surface area contributed by atoms with E-state index in [2.05, 4.69) is 13.8 Å². The third-order valence-corrected chi connectivity index (χ3v) is 4.79. The molecule has 0 aromatic rings. The van der Waals surface area contributed by atoms with Gasteiger partial charge in [-0.25, -0.2) is 13.6 Å². The fourth-order valence-electron chi connectivity index (χ4n) is 1.40. The van der Waals surface area contributed by atoms with E-state index in [0.29, 0.717) is 18.8 Å². The van der Waals surface area contributed by atoms with Gasteiger partial charge in [-0.15, -0.1) is 0 Å². The molecule has 0 rings (SSSR count). The Morgan fingerprint density at radius 3 is 2.14 bits per heavy atom. The highest BCUT2D eigenvalue weighted by molar-refractivity contribution is 7.90. The van der Waals surface area contributed by atoms with Crippen LogP contribution in [0.1, 0.15) is 53.4 Å². The zero-order chi connectivity index (χ0) is 11.4. The Balaban J connectivity index is 4.29. The van der Waals surface area contributed by atoms with Crippen molar-refractivity contribution in [3.05, 3.63) is 0 Å². The molecular formula is C10H23NO2S. The van der Waals surface area contributed by atoms with E-state index in [1.165, 1.54) is 0 Å². The highest BCUT2D eigenvalue weighted by Crippen LogP contribution is 2.26. The van der Waals surface area contributed by atoms with Gasteiger partial charge in [0.25, 0.3) is 0 Å². The van der Waals surface area contributed by atoms with Crippen LogP contribution in [0.3, 0.4) is 0 Å². The molecule has 3 nitrogen and oxygen atoms in total. The summed E-state index contributed by atoms with van der Waals surface area (Å²) in [5.41, 5.74) is 0. The highest BCUT2D eigenvalue weighted by Gasteiger charge is 2.33. The monoisotopic (exact) mass is 221 g/mol. The molecule has 0 amide bonds. The number of hydrogen-bond acceptors (Lipinski definition) is 2. The summed E-state index contributed by atoms with van der Waals surface area (Å²) < 4.78 is 21.9. The first-order valence-electron chi connectivity index (χ1n) is 5.25. The van der Waals surface area contributed by atoms with Crippen molar-refractivity contribution in [1.82, 2.24) is 0 Å². The first-order chi connectivity index (χ1) is 6.23. The van der Waals surface area contributed by atoms with Crippen LogP contribution >= 0.6 is 0 Å².